The number of carbonyl (C=O) groups is 1. The summed E-state index contributed by atoms with van der Waals surface area (Å²) in [6.45, 7) is 3.01. The topological polar surface area (TPSA) is 71.0 Å². The van der Waals surface area contributed by atoms with Crippen LogP contribution in [-0.4, -0.2) is 45.4 Å². The van der Waals surface area contributed by atoms with Gasteiger partial charge in [0.25, 0.3) is 9.70 Å². The molecule has 0 aliphatic carbocycles. The lowest BCUT2D eigenvalue weighted by molar-refractivity contribution is -0.253. The molecule has 4 rings (SSSR count). The van der Waals surface area contributed by atoms with Crippen molar-refractivity contribution in [3.63, 3.8) is 0 Å². The molecule has 0 bridgehead atoms. The van der Waals surface area contributed by atoms with E-state index in [2.05, 4.69) is 10.2 Å². The Hall–Kier alpha value is -1.38. The first kappa shape index (κ1) is 25.7. The molecule has 2 aliphatic heterocycles. The molecule has 9 heteroatoms. The number of aliphatic hydroxyl groups excluding tert-OH is 1. The Labute approximate surface area is 215 Å². The van der Waals surface area contributed by atoms with Crippen molar-refractivity contribution in [2.75, 3.05) is 25.0 Å². The van der Waals surface area contributed by atoms with Crippen LogP contribution in [0.1, 0.15) is 54.8 Å². The number of ether oxygens (including phenoxy) is 2. The van der Waals surface area contributed by atoms with Crippen LogP contribution in [0.4, 0.5) is 5.69 Å². The lowest BCUT2D eigenvalue weighted by Crippen LogP contribution is -2.41. The molecular formula is C25H29Cl3N2O4. The van der Waals surface area contributed by atoms with Gasteiger partial charge in [-0.25, -0.2) is 0 Å². The number of anilines is 1. The predicted molar refractivity (Wildman–Crippen MR) is 134 cm³/mol. The summed E-state index contributed by atoms with van der Waals surface area (Å²) in [6.07, 6.45) is 3.64. The van der Waals surface area contributed by atoms with Crippen molar-refractivity contribution in [2.24, 2.45) is 0 Å². The minimum atomic E-state index is -2.06. The van der Waals surface area contributed by atoms with Gasteiger partial charge in [0.1, 0.15) is 0 Å². The van der Waals surface area contributed by atoms with Crippen LogP contribution < -0.4 is 5.32 Å². The van der Waals surface area contributed by atoms with Gasteiger partial charge in [0.15, 0.2) is 6.29 Å². The summed E-state index contributed by atoms with van der Waals surface area (Å²) in [4.78, 5) is 14.6. The van der Waals surface area contributed by atoms with Crippen molar-refractivity contribution >= 4 is 46.4 Å². The first-order valence-corrected chi connectivity index (χ1v) is 12.7. The van der Waals surface area contributed by atoms with E-state index < -0.39 is 16.0 Å². The molecule has 2 aromatic rings. The molecule has 2 aromatic carbocycles. The number of nitrogens with zero attached hydrogens (tertiary/aromatic N) is 1. The number of likely N-dealkylation sites (tertiary alicyclic amines) is 1. The van der Waals surface area contributed by atoms with Gasteiger partial charge in [0.05, 0.1) is 18.8 Å². The summed E-state index contributed by atoms with van der Waals surface area (Å²) < 4.78 is 10.7. The fourth-order valence-corrected chi connectivity index (χ4v) is 4.57. The number of hydrogen-bond acceptors (Lipinski definition) is 5. The molecule has 0 saturated carbocycles. The van der Waals surface area contributed by atoms with Crippen molar-refractivity contribution < 1.29 is 19.4 Å². The number of nitrogens with one attached hydrogen (secondary N) is 1. The fraction of sp³-hybridized carbons (Fsp3) is 0.480. The first-order valence-electron chi connectivity index (χ1n) is 11.5. The number of hydrogen-bond donors (Lipinski definition) is 2. The van der Waals surface area contributed by atoms with Crippen LogP contribution in [0, 0.1) is 0 Å². The number of rotatable bonds is 6. The average Bonchev–Trinajstić information content (AvgIpc) is 2.84. The standard InChI is InChI=1S/C25H29Cl3N2O4/c26-25(27,28)24(32)29-20-6-4-5-19(13-20)23-33-21(15-30-11-2-1-3-12-30)14-22(34-23)18-9-7-17(16-31)8-10-18/h4-10,13,21-23,31H,1-3,11-12,14-16H2,(H,29,32). The normalized spacial score (nSPS) is 24.1. The van der Waals surface area contributed by atoms with E-state index >= 15 is 0 Å². The van der Waals surface area contributed by atoms with Gasteiger partial charge < -0.3 is 24.8 Å². The van der Waals surface area contributed by atoms with E-state index in [1.54, 1.807) is 18.2 Å². The van der Waals surface area contributed by atoms with Crippen LogP contribution in [-0.2, 0) is 20.9 Å². The van der Waals surface area contributed by atoms with E-state index in [4.69, 9.17) is 44.3 Å². The Kier molecular flexibility index (Phi) is 8.75. The molecule has 184 valence electrons. The summed E-state index contributed by atoms with van der Waals surface area (Å²) in [5.74, 6) is -0.732. The number of alkyl halides is 3. The molecule has 2 aliphatic rings. The summed E-state index contributed by atoms with van der Waals surface area (Å²) in [5.41, 5.74) is 3.15. The average molecular weight is 528 g/mol. The largest absolute Gasteiger partial charge is 0.392 e. The summed E-state index contributed by atoms with van der Waals surface area (Å²) >= 11 is 17.1. The maximum atomic E-state index is 12.1. The lowest BCUT2D eigenvalue weighted by atomic mass is 9.99. The van der Waals surface area contributed by atoms with Crippen LogP contribution in [0.3, 0.4) is 0 Å². The van der Waals surface area contributed by atoms with E-state index in [1.807, 2.05) is 30.3 Å². The Bertz CT molecular complexity index is 961. The summed E-state index contributed by atoms with van der Waals surface area (Å²) in [7, 11) is 0. The Morgan fingerprint density at radius 3 is 2.44 bits per heavy atom. The molecule has 2 N–H and O–H groups in total. The highest BCUT2D eigenvalue weighted by Crippen LogP contribution is 2.39. The second kappa shape index (κ2) is 11.6. The van der Waals surface area contributed by atoms with Crippen LogP contribution in [0.2, 0.25) is 0 Å². The van der Waals surface area contributed by atoms with E-state index in [0.717, 1.165) is 42.7 Å². The molecule has 1 amide bonds. The number of carbonyl (C=O) groups excluding carboxylic acids is 1. The number of piperidine rings is 1. The molecule has 3 unspecified atom stereocenters. The molecule has 2 heterocycles. The van der Waals surface area contributed by atoms with Crippen LogP contribution >= 0.6 is 34.8 Å². The van der Waals surface area contributed by atoms with Crippen molar-refractivity contribution in [1.29, 1.82) is 0 Å². The van der Waals surface area contributed by atoms with Crippen LogP contribution in [0.5, 0.6) is 0 Å². The maximum absolute atomic E-state index is 12.1. The zero-order chi connectivity index (χ0) is 24.1. The zero-order valence-electron chi connectivity index (χ0n) is 18.8. The Morgan fingerprint density at radius 1 is 1.03 bits per heavy atom. The predicted octanol–water partition coefficient (Wildman–Crippen LogP) is 5.52. The summed E-state index contributed by atoms with van der Waals surface area (Å²) in [6, 6.07) is 15.0. The third-order valence-electron chi connectivity index (χ3n) is 6.20. The maximum Gasteiger partial charge on any atom is 0.276 e. The van der Waals surface area contributed by atoms with Crippen LogP contribution in [0.15, 0.2) is 48.5 Å². The number of amides is 1. The third kappa shape index (κ3) is 6.85. The molecule has 6 nitrogen and oxygen atoms in total. The highest BCUT2D eigenvalue weighted by Gasteiger charge is 2.34. The lowest BCUT2D eigenvalue weighted by Gasteiger charge is -2.39. The minimum Gasteiger partial charge on any atom is -0.392 e. The monoisotopic (exact) mass is 526 g/mol. The van der Waals surface area contributed by atoms with Gasteiger partial charge >= 0.3 is 0 Å². The quantitative estimate of drug-likeness (QED) is 0.484. The van der Waals surface area contributed by atoms with Crippen molar-refractivity contribution in [3.05, 3.63) is 65.2 Å². The van der Waals surface area contributed by atoms with Crippen molar-refractivity contribution in [3.8, 4) is 0 Å². The van der Waals surface area contributed by atoms with Gasteiger partial charge in [0.2, 0.25) is 0 Å². The Morgan fingerprint density at radius 2 is 1.76 bits per heavy atom. The fourth-order valence-electron chi connectivity index (χ4n) is 4.43. The minimum absolute atomic E-state index is 0.00182. The van der Waals surface area contributed by atoms with E-state index in [1.165, 1.54) is 19.3 Å². The van der Waals surface area contributed by atoms with Crippen molar-refractivity contribution in [2.45, 2.75) is 54.6 Å². The van der Waals surface area contributed by atoms with E-state index in [-0.39, 0.29) is 18.8 Å². The van der Waals surface area contributed by atoms with Gasteiger partial charge in [-0.2, -0.15) is 0 Å². The number of aliphatic hydroxyl groups is 1. The smallest absolute Gasteiger partial charge is 0.276 e. The highest BCUT2D eigenvalue weighted by molar-refractivity contribution is 6.76. The summed E-state index contributed by atoms with van der Waals surface area (Å²) in [5, 5.41) is 12.0. The van der Waals surface area contributed by atoms with Gasteiger partial charge in [-0.3, -0.25) is 4.79 Å². The molecule has 2 fully saturated rings. The number of halogens is 3. The Balaban J connectivity index is 1.54. The molecule has 0 spiro atoms. The number of benzene rings is 2. The molecule has 0 radical (unpaired) electrons. The highest BCUT2D eigenvalue weighted by atomic mass is 35.6. The van der Waals surface area contributed by atoms with Crippen molar-refractivity contribution in [1.82, 2.24) is 4.90 Å². The molecule has 2 saturated heterocycles. The third-order valence-corrected chi connectivity index (χ3v) is 6.71. The SMILES string of the molecule is O=C(Nc1cccc(C2OC(CN3CCCCC3)CC(c3ccc(CO)cc3)O2)c1)C(Cl)(Cl)Cl. The second-order valence-corrected chi connectivity index (χ2v) is 11.1. The van der Waals surface area contributed by atoms with Gasteiger partial charge in [-0.1, -0.05) is 77.6 Å². The molecule has 0 aromatic heterocycles. The second-order valence-electron chi connectivity index (χ2n) is 8.79. The van der Waals surface area contributed by atoms with Crippen LogP contribution in [0.25, 0.3) is 0 Å². The molecule has 3 atom stereocenters. The van der Waals surface area contributed by atoms with Gasteiger partial charge in [0, 0.05) is 24.2 Å². The van der Waals surface area contributed by atoms with E-state index in [0.29, 0.717) is 5.69 Å². The molecule has 34 heavy (non-hydrogen) atoms. The zero-order valence-corrected chi connectivity index (χ0v) is 21.0. The van der Waals surface area contributed by atoms with Gasteiger partial charge in [-0.05, 0) is 49.2 Å². The molecular weight excluding hydrogens is 499 g/mol. The first-order chi connectivity index (χ1) is 16.3. The van der Waals surface area contributed by atoms with Gasteiger partial charge in [-0.15, -0.1) is 0 Å². The van der Waals surface area contributed by atoms with E-state index in [9.17, 15) is 9.90 Å².